The van der Waals surface area contributed by atoms with Crippen LogP contribution in [0.15, 0.2) is 36.4 Å². The number of hydrogen-bond acceptors (Lipinski definition) is 2. The van der Waals surface area contributed by atoms with E-state index >= 15 is 0 Å². The fourth-order valence-corrected chi connectivity index (χ4v) is 4.05. The van der Waals surface area contributed by atoms with Crippen LogP contribution in [-0.4, -0.2) is 34.7 Å². The second-order valence-electron chi connectivity index (χ2n) is 7.38. The van der Waals surface area contributed by atoms with E-state index in [2.05, 4.69) is 59.7 Å². The Hall–Kier alpha value is -1.74. The number of piperidine rings is 1. The second kappa shape index (κ2) is 6.64. The topological polar surface area (TPSA) is 17.4 Å². The Labute approximate surface area is 145 Å². The van der Waals surface area contributed by atoms with Gasteiger partial charge in [0.1, 0.15) is 11.9 Å². The van der Waals surface area contributed by atoms with Crippen molar-refractivity contribution in [1.29, 1.82) is 0 Å². The zero-order valence-electron chi connectivity index (χ0n) is 14.9. The number of nitrogens with zero attached hydrogens (tertiary/aromatic N) is 2. The molecule has 0 amide bonds. The first-order valence-electron chi connectivity index (χ1n) is 9.37. The largest absolute Gasteiger partial charge is 0.490 e. The highest BCUT2D eigenvalue weighted by Crippen LogP contribution is 2.29. The summed E-state index contributed by atoms with van der Waals surface area (Å²) in [6.07, 6.45) is 6.94. The summed E-state index contributed by atoms with van der Waals surface area (Å²) in [5.41, 5.74) is 3.75. The van der Waals surface area contributed by atoms with Gasteiger partial charge in [-0.05, 0) is 75.9 Å². The Morgan fingerprint density at radius 1 is 0.833 bits per heavy atom. The van der Waals surface area contributed by atoms with Gasteiger partial charge in [0.25, 0.3) is 0 Å². The standard InChI is InChI=1S/C21H28N2O/c1-16-6-7-17(2)23(16)19-8-10-20(11-9-19)24-21-12-14-22(15-13-21)18-4-3-5-18/h6-11,18,21H,3-5,12-15H2,1-2H3. The van der Waals surface area contributed by atoms with Gasteiger partial charge >= 0.3 is 0 Å². The Balaban J connectivity index is 1.36. The summed E-state index contributed by atoms with van der Waals surface area (Å²) < 4.78 is 8.51. The van der Waals surface area contributed by atoms with Crippen molar-refractivity contribution in [2.75, 3.05) is 13.1 Å². The normalized spacial score (nSPS) is 20.1. The van der Waals surface area contributed by atoms with Crippen LogP contribution in [0, 0.1) is 13.8 Å². The first-order chi connectivity index (χ1) is 11.7. The van der Waals surface area contributed by atoms with Crippen LogP contribution in [0.3, 0.4) is 0 Å². The molecule has 1 saturated heterocycles. The molecule has 2 aromatic rings. The molecule has 3 heteroatoms. The summed E-state index contributed by atoms with van der Waals surface area (Å²) in [6.45, 7) is 6.70. The molecule has 0 unspecified atom stereocenters. The summed E-state index contributed by atoms with van der Waals surface area (Å²) in [5.74, 6) is 1.00. The van der Waals surface area contributed by atoms with Crippen molar-refractivity contribution in [3.05, 3.63) is 47.8 Å². The van der Waals surface area contributed by atoms with E-state index in [0.29, 0.717) is 6.10 Å². The van der Waals surface area contributed by atoms with E-state index in [9.17, 15) is 0 Å². The molecule has 1 aromatic carbocycles. The average molecular weight is 324 g/mol. The third-order valence-corrected chi connectivity index (χ3v) is 5.74. The molecular formula is C21H28N2O. The summed E-state index contributed by atoms with van der Waals surface area (Å²) in [5, 5.41) is 0. The van der Waals surface area contributed by atoms with E-state index in [0.717, 1.165) is 24.6 Å². The fourth-order valence-electron chi connectivity index (χ4n) is 4.05. The molecule has 1 aromatic heterocycles. The third kappa shape index (κ3) is 3.10. The zero-order valence-corrected chi connectivity index (χ0v) is 14.9. The number of ether oxygens (including phenoxy) is 1. The summed E-state index contributed by atoms with van der Waals surface area (Å²) in [4.78, 5) is 2.67. The Morgan fingerprint density at radius 3 is 2.00 bits per heavy atom. The predicted molar refractivity (Wildman–Crippen MR) is 98.1 cm³/mol. The Kier molecular flexibility index (Phi) is 4.36. The van der Waals surface area contributed by atoms with E-state index < -0.39 is 0 Å². The second-order valence-corrected chi connectivity index (χ2v) is 7.38. The molecule has 2 aliphatic rings. The predicted octanol–water partition coefficient (Wildman–Crippen LogP) is 4.49. The van der Waals surface area contributed by atoms with Gasteiger partial charge in [-0.25, -0.2) is 0 Å². The molecule has 1 aliphatic carbocycles. The molecule has 0 atom stereocenters. The molecule has 0 bridgehead atoms. The van der Waals surface area contributed by atoms with Crippen molar-refractivity contribution in [1.82, 2.24) is 9.47 Å². The zero-order chi connectivity index (χ0) is 16.5. The first kappa shape index (κ1) is 15.8. The fraction of sp³-hybridized carbons (Fsp3) is 0.524. The van der Waals surface area contributed by atoms with Gasteiger partial charge < -0.3 is 14.2 Å². The van der Waals surface area contributed by atoms with E-state index in [1.807, 2.05) is 0 Å². The van der Waals surface area contributed by atoms with Gasteiger partial charge in [0.15, 0.2) is 0 Å². The van der Waals surface area contributed by atoms with Crippen LogP contribution in [-0.2, 0) is 0 Å². The van der Waals surface area contributed by atoms with Crippen molar-refractivity contribution in [3.8, 4) is 11.4 Å². The van der Waals surface area contributed by atoms with Gasteiger partial charge in [-0.3, -0.25) is 0 Å². The summed E-state index contributed by atoms with van der Waals surface area (Å²) in [6, 6.07) is 13.8. The van der Waals surface area contributed by atoms with Crippen LogP contribution in [0.25, 0.3) is 5.69 Å². The molecule has 2 fully saturated rings. The lowest BCUT2D eigenvalue weighted by atomic mass is 9.90. The van der Waals surface area contributed by atoms with E-state index in [4.69, 9.17) is 4.74 Å². The highest BCUT2D eigenvalue weighted by molar-refractivity contribution is 5.41. The quantitative estimate of drug-likeness (QED) is 0.824. The van der Waals surface area contributed by atoms with E-state index in [1.54, 1.807) is 0 Å². The van der Waals surface area contributed by atoms with Crippen molar-refractivity contribution >= 4 is 0 Å². The first-order valence-corrected chi connectivity index (χ1v) is 9.37. The van der Waals surface area contributed by atoms with E-state index in [1.165, 1.54) is 49.4 Å². The van der Waals surface area contributed by atoms with Gasteiger partial charge in [-0.1, -0.05) is 6.42 Å². The van der Waals surface area contributed by atoms with Crippen LogP contribution in [0.1, 0.15) is 43.5 Å². The lowest BCUT2D eigenvalue weighted by Gasteiger charge is -2.41. The number of benzene rings is 1. The van der Waals surface area contributed by atoms with Crippen molar-refractivity contribution < 1.29 is 4.74 Å². The van der Waals surface area contributed by atoms with Gasteiger partial charge in [0, 0.05) is 36.2 Å². The molecule has 0 spiro atoms. The van der Waals surface area contributed by atoms with Crippen LogP contribution in [0.4, 0.5) is 0 Å². The van der Waals surface area contributed by atoms with Gasteiger partial charge in [0.2, 0.25) is 0 Å². The molecule has 24 heavy (non-hydrogen) atoms. The summed E-state index contributed by atoms with van der Waals surface area (Å²) >= 11 is 0. The molecule has 4 rings (SSSR count). The molecule has 0 radical (unpaired) electrons. The number of likely N-dealkylation sites (tertiary alicyclic amines) is 1. The van der Waals surface area contributed by atoms with Crippen molar-refractivity contribution in [3.63, 3.8) is 0 Å². The Bertz CT molecular complexity index is 657. The molecule has 2 heterocycles. The maximum Gasteiger partial charge on any atom is 0.119 e. The third-order valence-electron chi connectivity index (χ3n) is 5.74. The molecule has 3 nitrogen and oxygen atoms in total. The monoisotopic (exact) mass is 324 g/mol. The summed E-state index contributed by atoms with van der Waals surface area (Å²) in [7, 11) is 0. The molecule has 0 N–H and O–H groups in total. The lowest BCUT2D eigenvalue weighted by molar-refractivity contribution is 0.0493. The average Bonchev–Trinajstić information content (AvgIpc) is 2.87. The molecule has 1 saturated carbocycles. The van der Waals surface area contributed by atoms with Gasteiger partial charge in [0.05, 0.1) is 0 Å². The van der Waals surface area contributed by atoms with Crippen molar-refractivity contribution in [2.45, 2.75) is 58.1 Å². The number of rotatable bonds is 4. The number of aryl methyl sites for hydroxylation is 2. The maximum absolute atomic E-state index is 6.23. The van der Waals surface area contributed by atoms with E-state index in [-0.39, 0.29) is 0 Å². The minimum atomic E-state index is 0.377. The smallest absolute Gasteiger partial charge is 0.119 e. The molecule has 1 aliphatic heterocycles. The lowest BCUT2D eigenvalue weighted by Crippen LogP contribution is -2.46. The highest BCUT2D eigenvalue weighted by atomic mass is 16.5. The number of aromatic nitrogens is 1. The Morgan fingerprint density at radius 2 is 1.46 bits per heavy atom. The highest BCUT2D eigenvalue weighted by Gasteiger charge is 2.29. The van der Waals surface area contributed by atoms with Gasteiger partial charge in [-0.15, -0.1) is 0 Å². The molecular weight excluding hydrogens is 296 g/mol. The van der Waals surface area contributed by atoms with Crippen LogP contribution in [0.5, 0.6) is 5.75 Å². The van der Waals surface area contributed by atoms with Gasteiger partial charge in [-0.2, -0.15) is 0 Å². The minimum Gasteiger partial charge on any atom is -0.490 e. The van der Waals surface area contributed by atoms with Crippen LogP contribution >= 0.6 is 0 Å². The maximum atomic E-state index is 6.23. The van der Waals surface area contributed by atoms with Crippen LogP contribution in [0.2, 0.25) is 0 Å². The van der Waals surface area contributed by atoms with Crippen LogP contribution < -0.4 is 4.74 Å². The number of hydrogen-bond donors (Lipinski definition) is 0. The van der Waals surface area contributed by atoms with Crippen molar-refractivity contribution in [2.24, 2.45) is 0 Å². The SMILES string of the molecule is Cc1ccc(C)n1-c1ccc(OC2CCN(C3CCC3)CC2)cc1. The minimum absolute atomic E-state index is 0.377. The molecule has 128 valence electrons.